The lowest BCUT2D eigenvalue weighted by Crippen LogP contribution is -2.51. The van der Waals surface area contributed by atoms with Crippen LogP contribution in [-0.4, -0.2) is 28.7 Å². The van der Waals surface area contributed by atoms with Gasteiger partial charge in [0.1, 0.15) is 23.5 Å². The van der Waals surface area contributed by atoms with Crippen LogP contribution in [0.15, 0.2) is 188 Å². The highest BCUT2D eigenvalue weighted by molar-refractivity contribution is 5.73. The van der Waals surface area contributed by atoms with Gasteiger partial charge in [-0.25, -0.2) is 9.13 Å². The average Bonchev–Trinajstić information content (AvgIpc) is 3.79. The van der Waals surface area contributed by atoms with E-state index in [-0.39, 0.29) is 23.0 Å². The van der Waals surface area contributed by atoms with Gasteiger partial charge in [-0.3, -0.25) is 4.90 Å². The van der Waals surface area contributed by atoms with E-state index in [2.05, 4.69) is 166 Å². The summed E-state index contributed by atoms with van der Waals surface area (Å²) in [4.78, 5) is 2.65. The Morgan fingerprint density at radius 2 is 0.948 bits per heavy atom. The van der Waals surface area contributed by atoms with Crippen LogP contribution in [-0.2, 0) is 30.5 Å². The number of piperidine rings is 1. The van der Waals surface area contributed by atoms with Gasteiger partial charge in [0, 0.05) is 26.9 Å². The molecular formula is C71H73F3N3+. The van der Waals surface area contributed by atoms with E-state index in [1.807, 2.05) is 48.5 Å². The Hall–Kier alpha value is -7.28. The molecule has 0 aliphatic carbocycles. The lowest BCUT2D eigenvalue weighted by atomic mass is 9.69. The number of nitrogens with zero attached hydrogens (tertiary/aromatic N) is 3. The van der Waals surface area contributed by atoms with Crippen molar-refractivity contribution in [1.29, 1.82) is 0 Å². The minimum absolute atomic E-state index is 0.0856. The maximum absolute atomic E-state index is 16.0. The molecule has 77 heavy (non-hydrogen) atoms. The minimum atomic E-state index is -4.58. The molecule has 1 aliphatic rings. The molecule has 0 radical (unpaired) electrons. The van der Waals surface area contributed by atoms with Crippen molar-refractivity contribution in [3.63, 3.8) is 0 Å². The maximum atomic E-state index is 16.0. The normalized spacial score (nSPS) is 14.6. The second-order valence-corrected chi connectivity index (χ2v) is 22.3. The molecule has 1 saturated heterocycles. The fourth-order valence-electron chi connectivity index (χ4n) is 12.2. The minimum Gasteiger partial charge on any atom is -0.267 e. The molecule has 0 saturated carbocycles. The lowest BCUT2D eigenvalue weighted by molar-refractivity contribution is -0.710. The zero-order valence-electron chi connectivity index (χ0n) is 46.2. The number of halogens is 3. The van der Waals surface area contributed by atoms with Crippen molar-refractivity contribution in [2.75, 3.05) is 13.1 Å². The van der Waals surface area contributed by atoms with Gasteiger partial charge in [-0.2, -0.15) is 13.2 Å². The standard InChI is InChI=1S/C71H73F3N3/c1-9-10-42-76-53(6)54(7)77(68(76)67-51(4)45-50(3)46-52(67)5)48-75-43-40-69(8,41-44-75)64-36-32-62(33-37-64)60-30-26-59(27-31-60)57-22-18-55(19-23-57)47-70(71(72,73)74,65-14-12-11-13-15-65)66-38-34-63(35-39-66)61-28-24-58(25-29-61)56-20-16-49(2)17-21-56/h11-39,45-46H,9-10,40-44,47-48H2,1-8H3/q+1. The number of hydrogen-bond donors (Lipinski definition) is 0. The number of unbranched alkanes of at least 4 members (excludes halogenated alkanes) is 1. The molecule has 0 amide bonds. The van der Waals surface area contributed by atoms with Crippen molar-refractivity contribution in [1.82, 2.24) is 9.47 Å². The SMILES string of the molecule is CCCCn1c(C)c(C)[n+](CN2CCC(C)(c3ccc(-c4ccc(-c5ccc(CC(c6ccccc6)(c6ccc(-c7ccc(-c8ccc(C)cc8)cc7)cc6)C(F)(F)F)cc5)cc4)cc3)CC2)c1-c1c(C)cc(C)cc1C. The summed E-state index contributed by atoms with van der Waals surface area (Å²) in [7, 11) is 0. The quantitative estimate of drug-likeness (QED) is 0.0932. The molecule has 1 atom stereocenters. The maximum Gasteiger partial charge on any atom is 0.402 e. The third kappa shape index (κ3) is 10.7. The van der Waals surface area contributed by atoms with E-state index in [4.69, 9.17) is 0 Å². The summed E-state index contributed by atoms with van der Waals surface area (Å²) in [6.07, 6.45) is -0.310. The van der Waals surface area contributed by atoms with Crippen LogP contribution < -0.4 is 4.57 Å². The molecule has 0 spiro atoms. The molecule has 2 heterocycles. The summed E-state index contributed by atoms with van der Waals surface area (Å²) in [6.45, 7) is 22.1. The van der Waals surface area contributed by atoms with Crippen molar-refractivity contribution in [3.05, 3.63) is 244 Å². The van der Waals surface area contributed by atoms with E-state index in [9.17, 15) is 0 Å². The van der Waals surface area contributed by atoms with Crippen molar-refractivity contribution in [3.8, 4) is 55.9 Å². The summed E-state index contributed by atoms with van der Waals surface area (Å²) in [5.41, 5.74) is 17.8. The molecule has 392 valence electrons. The Morgan fingerprint density at radius 3 is 1.42 bits per heavy atom. The molecular weight excluding hydrogens is 952 g/mol. The van der Waals surface area contributed by atoms with Crippen LogP contribution in [0, 0.1) is 41.5 Å². The van der Waals surface area contributed by atoms with E-state index in [1.54, 1.807) is 42.5 Å². The molecule has 10 rings (SSSR count). The molecule has 0 bridgehead atoms. The number of alkyl halides is 3. The van der Waals surface area contributed by atoms with Crippen LogP contribution in [0.1, 0.15) is 95.4 Å². The summed E-state index contributed by atoms with van der Waals surface area (Å²) >= 11 is 0. The van der Waals surface area contributed by atoms with E-state index in [1.165, 1.54) is 57.0 Å². The van der Waals surface area contributed by atoms with E-state index in [0.29, 0.717) is 5.56 Å². The molecule has 1 aromatic heterocycles. The third-order valence-corrected chi connectivity index (χ3v) is 17.1. The van der Waals surface area contributed by atoms with Crippen LogP contribution in [0.25, 0.3) is 55.9 Å². The predicted molar refractivity (Wildman–Crippen MR) is 313 cm³/mol. The van der Waals surface area contributed by atoms with Crippen LogP contribution >= 0.6 is 0 Å². The van der Waals surface area contributed by atoms with E-state index in [0.717, 1.165) is 90.1 Å². The summed E-state index contributed by atoms with van der Waals surface area (Å²) < 4.78 is 53.0. The predicted octanol–water partition coefficient (Wildman–Crippen LogP) is 17.9. The molecule has 0 N–H and O–H groups in total. The van der Waals surface area contributed by atoms with Gasteiger partial charge in [0.2, 0.25) is 0 Å². The number of likely N-dealkylation sites (tertiary alicyclic amines) is 1. The Labute approximate surface area is 455 Å². The molecule has 1 aliphatic heterocycles. The van der Waals surface area contributed by atoms with Crippen LogP contribution in [0.3, 0.4) is 0 Å². The van der Waals surface area contributed by atoms with Gasteiger partial charge in [0.25, 0.3) is 5.82 Å². The van der Waals surface area contributed by atoms with Crippen molar-refractivity contribution >= 4 is 0 Å². The first-order chi connectivity index (χ1) is 37.0. The smallest absolute Gasteiger partial charge is 0.267 e. The van der Waals surface area contributed by atoms with Crippen LogP contribution in [0.2, 0.25) is 0 Å². The number of aryl methyl sites for hydroxylation is 4. The second-order valence-electron chi connectivity index (χ2n) is 22.3. The Bertz CT molecular complexity index is 3430. The zero-order chi connectivity index (χ0) is 54.1. The Balaban J connectivity index is 0.817. The van der Waals surface area contributed by atoms with Gasteiger partial charge in [0.15, 0.2) is 0 Å². The summed E-state index contributed by atoms with van der Waals surface area (Å²) in [6, 6.07) is 61.9. The highest BCUT2D eigenvalue weighted by Gasteiger charge is 2.57. The molecule has 1 fully saturated rings. The van der Waals surface area contributed by atoms with Gasteiger partial charge in [-0.05, 0) is 137 Å². The lowest BCUT2D eigenvalue weighted by Gasteiger charge is -2.39. The number of aromatic nitrogens is 2. The summed E-state index contributed by atoms with van der Waals surface area (Å²) in [5.74, 6) is 1.35. The van der Waals surface area contributed by atoms with Crippen LogP contribution in [0.4, 0.5) is 13.2 Å². The molecule has 1 unspecified atom stereocenters. The fraction of sp³-hybridized carbons (Fsp3) is 0.282. The molecule has 8 aromatic carbocycles. The Morgan fingerprint density at radius 1 is 0.519 bits per heavy atom. The van der Waals surface area contributed by atoms with Crippen LogP contribution in [0.5, 0.6) is 0 Å². The number of hydrogen-bond acceptors (Lipinski definition) is 1. The topological polar surface area (TPSA) is 12.0 Å². The number of benzene rings is 8. The average molecular weight is 1030 g/mol. The fourth-order valence-corrected chi connectivity index (χ4v) is 12.2. The van der Waals surface area contributed by atoms with Gasteiger partial charge >= 0.3 is 6.18 Å². The molecule has 9 aromatic rings. The summed E-state index contributed by atoms with van der Waals surface area (Å²) in [5, 5.41) is 0. The molecule has 3 nitrogen and oxygen atoms in total. The number of imidazole rings is 1. The first-order valence-corrected chi connectivity index (χ1v) is 27.7. The Kier molecular flexibility index (Phi) is 15.2. The first kappa shape index (κ1) is 53.1. The molecule has 6 heteroatoms. The van der Waals surface area contributed by atoms with E-state index < -0.39 is 11.6 Å². The highest BCUT2D eigenvalue weighted by Crippen LogP contribution is 2.49. The van der Waals surface area contributed by atoms with Gasteiger partial charge < -0.3 is 0 Å². The van der Waals surface area contributed by atoms with Gasteiger partial charge in [0.05, 0.1) is 12.1 Å². The van der Waals surface area contributed by atoms with Crippen molar-refractivity contribution < 1.29 is 17.7 Å². The largest absolute Gasteiger partial charge is 0.402 e. The monoisotopic (exact) mass is 1020 g/mol. The second kappa shape index (κ2) is 22.0. The van der Waals surface area contributed by atoms with Crippen molar-refractivity contribution in [2.45, 2.75) is 118 Å². The first-order valence-electron chi connectivity index (χ1n) is 27.7. The zero-order valence-corrected chi connectivity index (χ0v) is 46.2. The third-order valence-electron chi connectivity index (χ3n) is 17.1. The van der Waals surface area contributed by atoms with E-state index >= 15 is 13.2 Å². The van der Waals surface area contributed by atoms with Crippen molar-refractivity contribution in [2.24, 2.45) is 0 Å². The number of rotatable bonds is 15. The highest BCUT2D eigenvalue weighted by atomic mass is 19.4. The van der Waals surface area contributed by atoms with Gasteiger partial charge in [-0.15, -0.1) is 0 Å². The van der Waals surface area contributed by atoms with Gasteiger partial charge in [-0.1, -0.05) is 219 Å².